The van der Waals surface area contributed by atoms with Gasteiger partial charge in [0.15, 0.2) is 0 Å². The lowest BCUT2D eigenvalue weighted by atomic mass is 10.2. The van der Waals surface area contributed by atoms with Crippen molar-refractivity contribution < 1.29 is 13.9 Å². The topological polar surface area (TPSA) is 101 Å². The summed E-state index contributed by atoms with van der Waals surface area (Å²) in [6.45, 7) is 1.96. The van der Waals surface area contributed by atoms with E-state index in [0.29, 0.717) is 22.7 Å². The smallest absolute Gasteiger partial charge is 0.247 e. The van der Waals surface area contributed by atoms with Gasteiger partial charge in [0.2, 0.25) is 16.9 Å². The average Bonchev–Trinajstić information content (AvgIpc) is 3.43. The van der Waals surface area contributed by atoms with Crippen LogP contribution in [-0.4, -0.2) is 44.6 Å². The lowest BCUT2D eigenvalue weighted by Gasteiger charge is -2.10. The lowest BCUT2D eigenvalue weighted by Crippen LogP contribution is -2.02. The first-order valence-corrected chi connectivity index (χ1v) is 9.64. The number of hydrogen-bond donors (Lipinski definition) is 0. The Morgan fingerprint density at radius 1 is 0.966 bits per heavy atom. The summed E-state index contributed by atoms with van der Waals surface area (Å²) in [5.41, 5.74) is 1.57. The van der Waals surface area contributed by atoms with Gasteiger partial charge in [-0.3, -0.25) is 0 Å². The highest BCUT2D eigenvalue weighted by Crippen LogP contribution is 2.35. The molecule has 1 unspecified atom stereocenters. The van der Waals surface area contributed by atoms with Crippen molar-refractivity contribution in [2.75, 3.05) is 14.2 Å². The van der Waals surface area contributed by atoms with E-state index in [1.54, 1.807) is 18.9 Å². The van der Waals surface area contributed by atoms with Crippen LogP contribution in [0.3, 0.4) is 0 Å². The highest BCUT2D eigenvalue weighted by Gasteiger charge is 2.21. The number of aromatic nitrogens is 6. The van der Waals surface area contributed by atoms with E-state index in [9.17, 15) is 0 Å². The average molecular weight is 410 g/mol. The molecule has 0 radical (unpaired) electrons. The van der Waals surface area contributed by atoms with Gasteiger partial charge in [0, 0.05) is 5.56 Å². The normalized spacial score (nSPS) is 12.0. The van der Waals surface area contributed by atoms with Gasteiger partial charge in [-0.25, -0.2) is 0 Å². The predicted octanol–water partition coefficient (Wildman–Crippen LogP) is 3.58. The van der Waals surface area contributed by atoms with Crippen LogP contribution in [0.2, 0.25) is 0 Å². The summed E-state index contributed by atoms with van der Waals surface area (Å²) in [6, 6.07) is 15.0. The molecule has 4 rings (SSSR count). The minimum atomic E-state index is -0.158. The van der Waals surface area contributed by atoms with E-state index in [-0.39, 0.29) is 5.25 Å². The number of thioether (sulfide) groups is 1. The molecule has 148 valence electrons. The molecule has 2 heterocycles. The fourth-order valence-corrected chi connectivity index (χ4v) is 3.50. The van der Waals surface area contributed by atoms with Crippen molar-refractivity contribution in [1.29, 1.82) is 0 Å². The molecule has 2 aromatic heterocycles. The molecule has 0 saturated carbocycles. The highest BCUT2D eigenvalue weighted by atomic mass is 32.2. The molecule has 0 bridgehead atoms. The molecule has 0 aliphatic heterocycles. The van der Waals surface area contributed by atoms with Crippen LogP contribution in [0.1, 0.15) is 18.1 Å². The van der Waals surface area contributed by atoms with Crippen LogP contribution >= 0.6 is 11.8 Å². The molecular formula is C19H18N6O3S. The zero-order chi connectivity index (χ0) is 20.2. The SMILES string of the molecule is COc1ccc(-c2nnc(C(C)Sc3nnnn3-c3ccccc3OC)o2)cc1. The Balaban J connectivity index is 1.54. The second-order valence-electron chi connectivity index (χ2n) is 5.98. The molecule has 9 nitrogen and oxygen atoms in total. The van der Waals surface area contributed by atoms with Crippen LogP contribution in [0, 0.1) is 0 Å². The van der Waals surface area contributed by atoms with Gasteiger partial charge >= 0.3 is 0 Å². The van der Waals surface area contributed by atoms with Crippen LogP contribution in [0.15, 0.2) is 58.1 Å². The van der Waals surface area contributed by atoms with Crippen LogP contribution in [0.4, 0.5) is 0 Å². The van der Waals surface area contributed by atoms with Crippen molar-refractivity contribution in [2.24, 2.45) is 0 Å². The number of rotatable bonds is 7. The number of hydrogen-bond acceptors (Lipinski definition) is 9. The van der Waals surface area contributed by atoms with Crippen molar-refractivity contribution in [1.82, 2.24) is 30.4 Å². The van der Waals surface area contributed by atoms with Crippen molar-refractivity contribution in [2.45, 2.75) is 17.3 Å². The van der Waals surface area contributed by atoms with Crippen molar-refractivity contribution in [3.8, 4) is 28.6 Å². The fourth-order valence-electron chi connectivity index (χ4n) is 2.67. The maximum Gasteiger partial charge on any atom is 0.247 e. The molecule has 0 fully saturated rings. The fraction of sp³-hybridized carbons (Fsp3) is 0.211. The summed E-state index contributed by atoms with van der Waals surface area (Å²) in [6.07, 6.45) is 0. The summed E-state index contributed by atoms with van der Waals surface area (Å²) in [5.74, 6) is 2.37. The van der Waals surface area contributed by atoms with Crippen LogP contribution in [0.25, 0.3) is 17.1 Å². The quantitative estimate of drug-likeness (QED) is 0.423. The van der Waals surface area contributed by atoms with E-state index in [2.05, 4.69) is 25.7 Å². The van der Waals surface area contributed by atoms with E-state index in [1.807, 2.05) is 55.5 Å². The van der Waals surface area contributed by atoms with Crippen molar-refractivity contribution in [3.05, 3.63) is 54.4 Å². The zero-order valence-corrected chi connectivity index (χ0v) is 16.8. The Hall–Kier alpha value is -3.40. The standard InChI is InChI=1S/C19H18N6O3S/c1-12(17-20-21-18(28-17)13-8-10-14(26-2)11-9-13)29-19-22-23-24-25(19)15-6-4-5-7-16(15)27-3/h4-12H,1-3H3. The second-order valence-corrected chi connectivity index (χ2v) is 7.29. The third-order valence-corrected chi connectivity index (χ3v) is 5.18. The Morgan fingerprint density at radius 2 is 1.76 bits per heavy atom. The van der Waals surface area contributed by atoms with Crippen LogP contribution in [0.5, 0.6) is 11.5 Å². The van der Waals surface area contributed by atoms with Crippen molar-refractivity contribution in [3.63, 3.8) is 0 Å². The second kappa shape index (κ2) is 8.31. The van der Waals surface area contributed by atoms with Gasteiger partial charge in [-0.15, -0.1) is 15.3 Å². The van der Waals surface area contributed by atoms with Crippen molar-refractivity contribution >= 4 is 11.8 Å². The molecule has 0 amide bonds. The molecule has 0 saturated heterocycles. The van der Waals surface area contributed by atoms with Gasteiger partial charge in [0.05, 0.1) is 19.5 Å². The first-order valence-electron chi connectivity index (χ1n) is 8.76. The molecule has 0 spiro atoms. The monoisotopic (exact) mass is 410 g/mol. The van der Waals surface area contributed by atoms with E-state index < -0.39 is 0 Å². The number of ether oxygens (including phenoxy) is 2. The van der Waals surface area contributed by atoms with Gasteiger partial charge in [0.1, 0.15) is 17.2 Å². The largest absolute Gasteiger partial charge is 0.497 e. The third kappa shape index (κ3) is 3.92. The number of para-hydroxylation sites is 2. The summed E-state index contributed by atoms with van der Waals surface area (Å²) in [4.78, 5) is 0. The van der Waals surface area contributed by atoms with Crippen LogP contribution < -0.4 is 9.47 Å². The summed E-state index contributed by atoms with van der Waals surface area (Å²) >= 11 is 1.41. The third-order valence-electron chi connectivity index (χ3n) is 4.16. The Labute approximate surface area is 171 Å². The molecule has 0 N–H and O–H groups in total. The summed E-state index contributed by atoms with van der Waals surface area (Å²) < 4.78 is 18.1. The number of methoxy groups -OCH3 is 2. The number of nitrogens with zero attached hydrogens (tertiary/aromatic N) is 6. The number of benzene rings is 2. The van der Waals surface area contributed by atoms with E-state index in [4.69, 9.17) is 13.9 Å². The molecule has 4 aromatic rings. The minimum Gasteiger partial charge on any atom is -0.497 e. The Bertz CT molecular complexity index is 1100. The highest BCUT2D eigenvalue weighted by molar-refractivity contribution is 7.99. The van der Waals surface area contributed by atoms with Gasteiger partial charge in [-0.1, -0.05) is 23.9 Å². The molecule has 2 aromatic carbocycles. The van der Waals surface area contributed by atoms with E-state index in [0.717, 1.165) is 17.0 Å². The van der Waals surface area contributed by atoms with E-state index in [1.165, 1.54) is 11.8 Å². The minimum absolute atomic E-state index is 0.158. The Morgan fingerprint density at radius 3 is 2.52 bits per heavy atom. The number of tetrazole rings is 1. The maximum atomic E-state index is 5.86. The van der Waals surface area contributed by atoms with Crippen LogP contribution in [-0.2, 0) is 0 Å². The summed E-state index contributed by atoms with van der Waals surface area (Å²) in [5, 5.41) is 20.8. The molecular weight excluding hydrogens is 392 g/mol. The van der Waals surface area contributed by atoms with Gasteiger partial charge in [0.25, 0.3) is 0 Å². The molecule has 1 atom stereocenters. The molecule has 29 heavy (non-hydrogen) atoms. The predicted molar refractivity (Wildman–Crippen MR) is 106 cm³/mol. The first kappa shape index (κ1) is 18.9. The zero-order valence-electron chi connectivity index (χ0n) is 16.0. The van der Waals surface area contributed by atoms with Gasteiger partial charge in [-0.05, 0) is 53.7 Å². The van der Waals surface area contributed by atoms with Gasteiger partial charge < -0.3 is 13.9 Å². The lowest BCUT2D eigenvalue weighted by molar-refractivity contribution is 0.410. The summed E-state index contributed by atoms with van der Waals surface area (Å²) in [7, 11) is 3.23. The first-order chi connectivity index (χ1) is 14.2. The van der Waals surface area contributed by atoms with Gasteiger partial charge in [-0.2, -0.15) is 4.68 Å². The van der Waals surface area contributed by atoms with E-state index >= 15 is 0 Å². The molecule has 0 aliphatic rings. The molecule has 10 heteroatoms. The maximum absolute atomic E-state index is 5.86. The molecule has 0 aliphatic carbocycles. The Kier molecular flexibility index (Phi) is 5.43.